The molecule has 2 heterocycles. The lowest BCUT2D eigenvalue weighted by Crippen LogP contribution is -2.42. The average Bonchev–Trinajstić information content (AvgIpc) is 3.66. The Balaban J connectivity index is 1.44. The number of aromatic amines is 1. The number of ether oxygens (including phenoxy) is 2. The van der Waals surface area contributed by atoms with Crippen LogP contribution < -0.4 is 14.8 Å². The highest BCUT2D eigenvalue weighted by molar-refractivity contribution is 6.01. The fourth-order valence-electron chi connectivity index (χ4n) is 5.23. The fraction of sp³-hybridized carbons (Fsp3) is 0.152. The monoisotopic (exact) mass is 574 g/mol. The van der Waals surface area contributed by atoms with E-state index in [1.807, 2.05) is 78.9 Å². The van der Waals surface area contributed by atoms with Gasteiger partial charge in [0.1, 0.15) is 29.6 Å². The predicted octanol–water partition coefficient (Wildman–Crippen LogP) is 5.34. The summed E-state index contributed by atoms with van der Waals surface area (Å²) >= 11 is 0. The van der Waals surface area contributed by atoms with E-state index in [1.54, 1.807) is 41.1 Å². The van der Waals surface area contributed by atoms with Crippen molar-refractivity contribution in [3.8, 4) is 11.5 Å². The van der Waals surface area contributed by atoms with Crippen molar-refractivity contribution in [3.63, 3.8) is 0 Å². The second kappa shape index (κ2) is 12.1. The number of anilines is 1. The van der Waals surface area contributed by atoms with Gasteiger partial charge in [-0.15, -0.1) is 5.10 Å². The normalized spacial score (nSPS) is 11.8. The van der Waals surface area contributed by atoms with Crippen LogP contribution in [-0.2, 0) is 22.7 Å². The summed E-state index contributed by atoms with van der Waals surface area (Å²) in [5.74, 6) is 0.317. The molecule has 0 saturated carbocycles. The third-order valence-electron chi connectivity index (χ3n) is 7.36. The maximum Gasteiger partial charge on any atom is 0.252 e. The molecular formula is C33H30N6O4. The molecule has 0 saturated heterocycles. The second-order valence-electron chi connectivity index (χ2n) is 9.99. The maximum absolute atomic E-state index is 14.4. The van der Waals surface area contributed by atoms with Crippen molar-refractivity contribution in [3.05, 3.63) is 114 Å². The summed E-state index contributed by atoms with van der Waals surface area (Å²) in [4.78, 5) is 33.5. The molecule has 0 spiro atoms. The van der Waals surface area contributed by atoms with Crippen molar-refractivity contribution >= 4 is 39.4 Å². The van der Waals surface area contributed by atoms with Crippen LogP contribution in [0, 0.1) is 0 Å². The minimum atomic E-state index is -1.01. The molecule has 0 aliphatic carbocycles. The summed E-state index contributed by atoms with van der Waals surface area (Å²) in [6.45, 7) is 0.0784. The molecule has 2 amide bonds. The van der Waals surface area contributed by atoms with Crippen molar-refractivity contribution in [2.45, 2.75) is 19.1 Å². The highest BCUT2D eigenvalue weighted by Crippen LogP contribution is 2.34. The number of hydrogen-bond donors (Lipinski definition) is 2. The first kappa shape index (κ1) is 27.5. The number of rotatable bonds is 10. The van der Waals surface area contributed by atoms with E-state index in [2.05, 4.69) is 20.6 Å². The zero-order valence-corrected chi connectivity index (χ0v) is 23.7. The topological polar surface area (TPSA) is 114 Å². The third-order valence-corrected chi connectivity index (χ3v) is 7.36. The molecule has 0 aliphatic rings. The number of benzene rings is 4. The number of carbonyl (C=O) groups is 2. The number of amides is 2. The number of methoxy groups -OCH3 is 2. The Morgan fingerprint density at radius 1 is 0.930 bits per heavy atom. The minimum absolute atomic E-state index is 0.106. The van der Waals surface area contributed by atoms with Crippen molar-refractivity contribution in [1.29, 1.82) is 0 Å². The van der Waals surface area contributed by atoms with Crippen LogP contribution in [0.5, 0.6) is 11.5 Å². The Hall–Kier alpha value is -5.64. The molecule has 6 rings (SSSR count). The average molecular weight is 575 g/mol. The molecule has 43 heavy (non-hydrogen) atoms. The van der Waals surface area contributed by atoms with Crippen LogP contribution in [0.1, 0.15) is 17.2 Å². The van der Waals surface area contributed by atoms with Crippen LogP contribution >= 0.6 is 0 Å². The second-order valence-corrected chi connectivity index (χ2v) is 9.99. The number of hydrogen-bond acceptors (Lipinski definition) is 6. The first-order valence-corrected chi connectivity index (χ1v) is 13.8. The molecule has 0 bridgehead atoms. The van der Waals surface area contributed by atoms with Crippen LogP contribution in [0.2, 0.25) is 0 Å². The van der Waals surface area contributed by atoms with E-state index in [9.17, 15) is 9.59 Å². The van der Waals surface area contributed by atoms with Crippen molar-refractivity contribution in [1.82, 2.24) is 24.9 Å². The molecule has 10 nitrogen and oxygen atoms in total. The molecule has 1 atom stereocenters. The number of aromatic nitrogens is 4. The van der Waals surface area contributed by atoms with Gasteiger partial charge < -0.3 is 24.7 Å². The van der Waals surface area contributed by atoms with Crippen LogP contribution in [0.3, 0.4) is 0 Å². The van der Waals surface area contributed by atoms with E-state index >= 15 is 0 Å². The zero-order valence-electron chi connectivity index (χ0n) is 23.7. The molecule has 0 aliphatic heterocycles. The summed E-state index contributed by atoms with van der Waals surface area (Å²) in [6, 6.07) is 28.9. The Morgan fingerprint density at radius 2 is 1.70 bits per heavy atom. The third kappa shape index (κ3) is 5.62. The number of carbonyl (C=O) groups excluding carboxylic acids is 2. The van der Waals surface area contributed by atoms with E-state index in [-0.39, 0.29) is 19.0 Å². The molecular weight excluding hydrogens is 544 g/mol. The molecule has 0 radical (unpaired) electrons. The standard InChI is InChI=1S/C33H30N6O4/c1-42-23-16-17-28(30(18-23)43-2)35-33(41)32(25-19-34-26-13-7-6-12-24(25)26)38(20-22-10-4-3-5-11-22)31(40)21-39-29-15-9-8-14-27(29)36-37-39/h3-19,32,34H,20-21H2,1-2H3,(H,35,41). The van der Waals surface area contributed by atoms with Gasteiger partial charge in [0.05, 0.1) is 25.4 Å². The number of H-pyrrole nitrogens is 1. The highest BCUT2D eigenvalue weighted by atomic mass is 16.5. The Morgan fingerprint density at radius 3 is 2.51 bits per heavy atom. The molecule has 2 aromatic heterocycles. The maximum atomic E-state index is 14.4. The van der Waals surface area contributed by atoms with Crippen molar-refractivity contribution < 1.29 is 19.1 Å². The Labute approximate surface area is 247 Å². The van der Waals surface area contributed by atoms with Gasteiger partial charge in [-0.3, -0.25) is 9.59 Å². The van der Waals surface area contributed by atoms with Crippen LogP contribution in [-0.4, -0.2) is 50.9 Å². The summed E-state index contributed by atoms with van der Waals surface area (Å²) in [7, 11) is 3.08. The van der Waals surface area contributed by atoms with Gasteiger partial charge in [-0.05, 0) is 35.9 Å². The van der Waals surface area contributed by atoms with Gasteiger partial charge in [-0.25, -0.2) is 4.68 Å². The van der Waals surface area contributed by atoms with E-state index in [4.69, 9.17) is 9.47 Å². The number of nitrogens with one attached hydrogen (secondary N) is 2. The summed E-state index contributed by atoms with van der Waals surface area (Å²) in [5.41, 5.74) is 4.25. The molecule has 1 unspecified atom stereocenters. The summed E-state index contributed by atoms with van der Waals surface area (Å²) in [6.07, 6.45) is 1.79. The van der Waals surface area contributed by atoms with E-state index < -0.39 is 11.9 Å². The van der Waals surface area contributed by atoms with Gasteiger partial charge in [0.15, 0.2) is 0 Å². The minimum Gasteiger partial charge on any atom is -0.497 e. The molecule has 10 heteroatoms. The molecule has 2 N–H and O–H groups in total. The Kier molecular flexibility index (Phi) is 7.73. The SMILES string of the molecule is COc1ccc(NC(=O)C(c2c[nH]c3ccccc23)N(Cc2ccccc2)C(=O)Cn2nnc3ccccc32)c(OC)c1. The smallest absolute Gasteiger partial charge is 0.252 e. The van der Waals surface area contributed by atoms with Crippen LogP contribution in [0.4, 0.5) is 5.69 Å². The van der Waals surface area contributed by atoms with E-state index in [0.717, 1.165) is 22.0 Å². The summed E-state index contributed by atoms with van der Waals surface area (Å²) in [5, 5.41) is 12.3. The van der Waals surface area contributed by atoms with Crippen LogP contribution in [0.25, 0.3) is 21.9 Å². The Bertz CT molecular complexity index is 1900. The van der Waals surface area contributed by atoms with Crippen molar-refractivity contribution in [2.75, 3.05) is 19.5 Å². The van der Waals surface area contributed by atoms with Gasteiger partial charge >= 0.3 is 0 Å². The van der Waals surface area contributed by atoms with E-state index in [0.29, 0.717) is 28.3 Å². The number of fused-ring (bicyclic) bond motifs is 2. The quantitative estimate of drug-likeness (QED) is 0.228. The fourth-order valence-corrected chi connectivity index (χ4v) is 5.23. The van der Waals surface area contributed by atoms with Gasteiger partial charge in [0.2, 0.25) is 5.91 Å². The summed E-state index contributed by atoms with van der Waals surface area (Å²) < 4.78 is 12.4. The number of nitrogens with zero attached hydrogens (tertiary/aromatic N) is 4. The van der Waals surface area contributed by atoms with Gasteiger partial charge in [0.25, 0.3) is 5.91 Å². The first-order valence-electron chi connectivity index (χ1n) is 13.8. The van der Waals surface area contributed by atoms with Crippen molar-refractivity contribution in [2.24, 2.45) is 0 Å². The largest absolute Gasteiger partial charge is 0.497 e. The zero-order chi connectivity index (χ0) is 29.8. The van der Waals surface area contributed by atoms with Crippen LogP contribution in [0.15, 0.2) is 103 Å². The predicted molar refractivity (Wildman–Crippen MR) is 164 cm³/mol. The van der Waals surface area contributed by atoms with Gasteiger partial charge in [-0.1, -0.05) is 65.9 Å². The lowest BCUT2D eigenvalue weighted by atomic mass is 10.0. The van der Waals surface area contributed by atoms with E-state index in [1.165, 1.54) is 7.11 Å². The lowest BCUT2D eigenvalue weighted by molar-refractivity contribution is -0.140. The highest BCUT2D eigenvalue weighted by Gasteiger charge is 2.34. The molecule has 6 aromatic rings. The first-order chi connectivity index (χ1) is 21.1. The molecule has 4 aromatic carbocycles. The lowest BCUT2D eigenvalue weighted by Gasteiger charge is -2.31. The number of para-hydroxylation sites is 2. The van der Waals surface area contributed by atoms with Gasteiger partial charge in [-0.2, -0.15) is 0 Å². The molecule has 216 valence electrons. The molecule has 0 fully saturated rings. The van der Waals surface area contributed by atoms with Gasteiger partial charge in [0, 0.05) is 35.3 Å².